The quantitative estimate of drug-likeness (QED) is 0.0374. The summed E-state index contributed by atoms with van der Waals surface area (Å²) < 4.78 is 0. The zero-order valence-corrected chi connectivity index (χ0v) is 45.1. The van der Waals surface area contributed by atoms with Crippen LogP contribution in [0, 0.1) is 0 Å². The van der Waals surface area contributed by atoms with Crippen LogP contribution in [-0.4, -0.2) is 65.7 Å². The molecule has 0 aliphatic heterocycles. The van der Waals surface area contributed by atoms with Gasteiger partial charge in [0, 0.05) is 102 Å². The van der Waals surface area contributed by atoms with Gasteiger partial charge in [0.1, 0.15) is 0 Å². The minimum Gasteiger partial charge on any atom is -0.504 e. The average molecular weight is 1170 g/mol. The van der Waals surface area contributed by atoms with Crippen LogP contribution in [-0.2, 0) is 33.0 Å². The topological polar surface area (TPSA) is 211 Å². The molecule has 12 rings (SSSR count). The van der Waals surface area contributed by atoms with Crippen LogP contribution in [0.25, 0.3) is 65.3 Å². The molecule has 0 bridgehead atoms. The first kappa shape index (κ1) is 56.5. The fourth-order valence-corrected chi connectivity index (χ4v) is 9.69. The molecule has 12 aromatic carbocycles. The van der Waals surface area contributed by atoms with Gasteiger partial charge >= 0.3 is 0 Å². The Morgan fingerprint density at radius 3 is 0.646 bits per heavy atom. The molecular weight excluding hydrogens is 1120 g/mol. The van der Waals surface area contributed by atoms with Gasteiger partial charge in [-0.1, -0.05) is 146 Å². The second kappa shape index (κ2) is 24.8. The Morgan fingerprint density at radius 2 is 0.427 bits per heavy atom. The van der Waals surface area contributed by atoms with E-state index in [-0.39, 0.29) is 79.0 Å². The molecule has 0 spiro atoms. The Hall–Kier alpha value is -10.3. The van der Waals surface area contributed by atoms with Gasteiger partial charge in [-0.3, -0.25) is 20.0 Å². The summed E-state index contributed by atoms with van der Waals surface area (Å²) in [6, 6.07) is 66.7. The van der Waals surface area contributed by atoms with Crippen molar-refractivity contribution < 1.29 is 73.8 Å². The van der Waals surface area contributed by atoms with Crippen LogP contribution in [0.3, 0.4) is 0 Å². The summed E-state index contributed by atoms with van der Waals surface area (Å²) in [6.45, 7) is 0. The second-order valence-electron chi connectivity index (χ2n) is 18.6. The Kier molecular flexibility index (Phi) is 17.1. The molecule has 8 N–H and O–H groups in total. The maximum atomic E-state index is 10.3. The smallest absolute Gasteiger partial charge is 0.166 e. The van der Waals surface area contributed by atoms with E-state index in [9.17, 15) is 40.9 Å². The van der Waals surface area contributed by atoms with E-state index in [1.54, 1.807) is 48.5 Å². The van der Waals surface area contributed by atoms with E-state index in [1.165, 1.54) is 49.1 Å². The van der Waals surface area contributed by atoms with Crippen LogP contribution in [0.5, 0.6) is 46.0 Å². The third-order valence-electron chi connectivity index (χ3n) is 13.7. The van der Waals surface area contributed by atoms with Crippen molar-refractivity contribution in [1.29, 1.82) is 0 Å². The molecule has 0 aliphatic rings. The summed E-state index contributed by atoms with van der Waals surface area (Å²) in [7, 11) is 0. The number of hydrogen-bond acceptors (Lipinski definition) is 12. The molecule has 0 unspecified atom stereocenters. The molecule has 0 atom stereocenters. The van der Waals surface area contributed by atoms with Gasteiger partial charge in [0.2, 0.25) is 0 Å². The third kappa shape index (κ3) is 11.4. The van der Waals surface area contributed by atoms with E-state index >= 15 is 0 Å². The molecule has 0 saturated heterocycles. The van der Waals surface area contributed by atoms with Crippen LogP contribution in [0.2, 0.25) is 0 Å². The number of rotatable bonds is 10. The van der Waals surface area contributed by atoms with Crippen molar-refractivity contribution in [3.8, 4) is 68.2 Å². The molecule has 12 nitrogen and oxygen atoms in total. The van der Waals surface area contributed by atoms with E-state index in [0.29, 0.717) is 45.0 Å². The fraction of sp³-hybridized carbons (Fsp3) is 0. The number of phenolic OH excluding ortho intramolecular Hbond substituents is 8. The van der Waals surface area contributed by atoms with Crippen LogP contribution in [0.1, 0.15) is 22.3 Å². The molecule has 0 amide bonds. The van der Waals surface area contributed by atoms with Crippen molar-refractivity contribution in [3.05, 3.63) is 241 Å². The number of aliphatic imine (C=N–C) groups is 4. The van der Waals surface area contributed by atoms with Gasteiger partial charge in [0.15, 0.2) is 46.0 Å². The van der Waals surface area contributed by atoms with Crippen molar-refractivity contribution in [2.24, 2.45) is 20.0 Å². The van der Waals surface area contributed by atoms with Crippen molar-refractivity contribution in [1.82, 2.24) is 0 Å². The first-order valence-electron chi connectivity index (χ1n) is 25.3. The third-order valence-corrected chi connectivity index (χ3v) is 13.7. The van der Waals surface area contributed by atoms with Crippen molar-refractivity contribution >= 4 is 90.7 Å². The number of benzene rings is 12. The molecule has 0 radical (unpaired) electrons. The van der Waals surface area contributed by atoms with E-state index in [2.05, 4.69) is 0 Å². The summed E-state index contributed by atoms with van der Waals surface area (Å²) in [5.74, 6) is -1.84. The molecule has 0 heterocycles. The maximum absolute atomic E-state index is 10.3. The number of nitrogens with zero attached hydrogens (tertiary/aromatic N) is 4. The Morgan fingerprint density at radius 1 is 0.220 bits per heavy atom. The van der Waals surface area contributed by atoms with Crippen LogP contribution in [0.4, 0.5) is 22.7 Å². The van der Waals surface area contributed by atoms with Crippen LogP contribution < -0.4 is 0 Å². The predicted molar refractivity (Wildman–Crippen MR) is 322 cm³/mol. The zero-order valence-electron chi connectivity index (χ0n) is 43.1. The molecule has 12 aromatic rings. The summed E-state index contributed by atoms with van der Waals surface area (Å²) in [4.78, 5) is 19.1. The van der Waals surface area contributed by atoms with E-state index < -0.39 is 0 Å². The van der Waals surface area contributed by atoms with Gasteiger partial charge in [0.05, 0.1) is 22.7 Å². The predicted octanol–water partition coefficient (Wildman–Crippen LogP) is 16.0. The maximum Gasteiger partial charge on any atom is 0.166 e. The number of aromatic hydroxyl groups is 8. The molecule has 0 aromatic heterocycles. The van der Waals surface area contributed by atoms with E-state index in [0.717, 1.165) is 65.3 Å². The van der Waals surface area contributed by atoms with E-state index in [4.69, 9.17) is 20.0 Å². The standard InChI is InChI=1S/2C34H24N2O4.2Ni/c2*37-29-13-5-9-23(33(29)39)19-35-27-17-15-21-7-1-3-11-25(21)31(27)32-26-12-4-2-8-22(26)16-18-28(32)36-20-24-10-6-14-30(38)34(24)40;;/h2*1-20,37-40H;;. The van der Waals surface area contributed by atoms with Gasteiger partial charge < -0.3 is 40.9 Å². The summed E-state index contributed by atoms with van der Waals surface area (Å²) >= 11 is 0. The number of para-hydroxylation sites is 4. The Labute approximate surface area is 490 Å². The molecule has 82 heavy (non-hydrogen) atoms. The molecular formula is C68H48N4Ni2O8. The van der Waals surface area contributed by atoms with Crippen molar-refractivity contribution in [3.63, 3.8) is 0 Å². The van der Waals surface area contributed by atoms with Crippen LogP contribution in [0.15, 0.2) is 238 Å². The van der Waals surface area contributed by atoms with Gasteiger partial charge in [0.25, 0.3) is 0 Å². The van der Waals surface area contributed by atoms with Gasteiger partial charge in [-0.15, -0.1) is 0 Å². The summed E-state index contributed by atoms with van der Waals surface area (Å²) in [6.07, 6.45) is 6.12. The fourth-order valence-electron chi connectivity index (χ4n) is 9.69. The second-order valence-corrected chi connectivity index (χ2v) is 18.6. The minimum absolute atomic E-state index is 0. The van der Waals surface area contributed by atoms with Crippen molar-refractivity contribution in [2.45, 2.75) is 0 Å². The Balaban J connectivity index is 0.000000193. The normalized spacial score (nSPS) is 11.4. The molecule has 0 fully saturated rings. The average Bonchev–Trinajstić information content (AvgIpc) is 3.68. The van der Waals surface area contributed by atoms with Gasteiger partial charge in [-0.2, -0.15) is 0 Å². The number of hydrogen-bond donors (Lipinski definition) is 8. The van der Waals surface area contributed by atoms with Gasteiger partial charge in [-0.05, 0) is 116 Å². The monoisotopic (exact) mass is 1160 g/mol. The summed E-state index contributed by atoms with van der Waals surface area (Å²) in [5, 5.41) is 89.1. The largest absolute Gasteiger partial charge is 0.504 e. The molecule has 14 heteroatoms. The van der Waals surface area contributed by atoms with Crippen LogP contribution >= 0.6 is 0 Å². The molecule has 408 valence electrons. The summed E-state index contributed by atoms with van der Waals surface area (Å²) in [5.41, 5.74) is 7.51. The van der Waals surface area contributed by atoms with E-state index in [1.807, 2.05) is 146 Å². The number of fused-ring (bicyclic) bond motifs is 4. The minimum atomic E-state index is -0.241. The van der Waals surface area contributed by atoms with Gasteiger partial charge in [-0.25, -0.2) is 0 Å². The SMILES string of the molecule is Oc1cccc(C=Nc2ccc3ccccc3c2-c2c(N=Cc3cccc(O)c3O)ccc3ccccc23)c1O.Oc1cccc(C=Nc2ccc3ccccc3c2-c2c(N=Cc3cccc(O)c3O)ccc3ccccc23)c1O.[Ni].[Ni]. The molecule has 0 aliphatic carbocycles. The van der Waals surface area contributed by atoms with Crippen molar-refractivity contribution in [2.75, 3.05) is 0 Å². The first-order valence-corrected chi connectivity index (χ1v) is 25.3. The number of phenols is 8. The zero-order chi connectivity index (χ0) is 55.3. The Bertz CT molecular complexity index is 3930. The molecule has 0 saturated carbocycles. The first-order chi connectivity index (χ1) is 39.0.